The number of aromatic nitrogens is 1. The predicted molar refractivity (Wildman–Crippen MR) is 234 cm³/mol. The van der Waals surface area contributed by atoms with Crippen molar-refractivity contribution >= 4 is 58.2 Å². The highest BCUT2D eigenvalue weighted by atomic mass is 32.1. The number of piperidine rings is 2. The first-order chi connectivity index (χ1) is 29.7. The number of aryl methyl sites for hydroxylation is 1. The molecule has 1 N–H and O–H groups in total. The molecule has 16 heteroatoms. The van der Waals surface area contributed by atoms with E-state index in [-0.39, 0.29) is 36.0 Å². The Balaban J connectivity index is 0.746. The summed E-state index contributed by atoms with van der Waals surface area (Å²) >= 11 is 5.82. The predicted octanol–water partition coefficient (Wildman–Crippen LogP) is 5.28. The van der Waals surface area contributed by atoms with Gasteiger partial charge in [-0.1, -0.05) is 19.1 Å². The molecule has 62 heavy (non-hydrogen) atoms. The maximum atomic E-state index is 13.5. The number of imide groups is 2. The van der Waals surface area contributed by atoms with Crippen molar-refractivity contribution in [2.75, 3.05) is 44.2 Å². The quantitative estimate of drug-likeness (QED) is 0.128. The van der Waals surface area contributed by atoms with Gasteiger partial charge in [-0.05, 0) is 119 Å². The second-order valence-electron chi connectivity index (χ2n) is 17.4. The molecule has 1 atom stereocenters. The minimum Gasteiger partial charge on any atom is -0.490 e. The van der Waals surface area contributed by atoms with E-state index in [0.29, 0.717) is 53.2 Å². The van der Waals surface area contributed by atoms with Crippen LogP contribution in [0.15, 0.2) is 54.7 Å². The molecule has 3 saturated heterocycles. The molecule has 1 unspecified atom stereocenters. The van der Waals surface area contributed by atoms with Gasteiger partial charge >= 0.3 is 0 Å². The summed E-state index contributed by atoms with van der Waals surface area (Å²) in [4.78, 5) is 81.4. The molecule has 4 aliphatic heterocycles. The van der Waals surface area contributed by atoms with Crippen LogP contribution in [0.1, 0.15) is 91.1 Å². The molecule has 4 fully saturated rings. The van der Waals surface area contributed by atoms with Crippen LogP contribution < -0.4 is 19.7 Å². The summed E-state index contributed by atoms with van der Waals surface area (Å²) in [5.41, 5.74) is 2.52. The summed E-state index contributed by atoms with van der Waals surface area (Å²) in [6.07, 6.45) is 5.98. The van der Waals surface area contributed by atoms with Crippen LogP contribution in [0.4, 0.5) is 11.4 Å². The van der Waals surface area contributed by atoms with Crippen molar-refractivity contribution in [1.29, 1.82) is 0 Å². The second kappa shape index (κ2) is 17.5. The number of rotatable bonds is 14. The van der Waals surface area contributed by atoms with Gasteiger partial charge in [-0.25, -0.2) is 9.83 Å². The average Bonchev–Trinajstić information content (AvgIpc) is 3.58. The molecule has 5 aliphatic rings. The number of likely N-dealkylation sites (tertiary alicyclic amines) is 1. The van der Waals surface area contributed by atoms with E-state index >= 15 is 0 Å². The van der Waals surface area contributed by atoms with Crippen LogP contribution >= 0.6 is 12.2 Å². The Morgan fingerprint density at radius 1 is 0.984 bits per heavy atom. The minimum absolute atomic E-state index is 0.0105. The van der Waals surface area contributed by atoms with Crippen molar-refractivity contribution in [3.05, 3.63) is 88.4 Å². The maximum Gasteiger partial charge on any atom is 0.262 e. The van der Waals surface area contributed by atoms with Crippen molar-refractivity contribution in [3.63, 3.8) is 0 Å². The zero-order valence-corrected chi connectivity index (χ0v) is 36.4. The lowest BCUT2D eigenvalue weighted by atomic mass is 9.86. The number of carbonyl (C=O) groups is 5. The number of nitrogens with one attached hydrogen (secondary N) is 1. The number of fused-ring (bicyclic) bond motifs is 1. The van der Waals surface area contributed by atoms with Crippen LogP contribution in [-0.2, 0) is 20.9 Å². The fraction of sp³-hybridized carbons (Fsp3) is 0.478. The number of thiocarbonyl (C=S) groups is 1. The molecule has 5 heterocycles. The van der Waals surface area contributed by atoms with Gasteiger partial charge in [-0.15, -0.1) is 0 Å². The topological polar surface area (TPSA) is 149 Å². The van der Waals surface area contributed by atoms with Crippen molar-refractivity contribution < 1.29 is 33.4 Å². The molecule has 3 aromatic rings. The number of hydrogen-bond acceptors (Lipinski definition) is 11. The molecule has 0 bridgehead atoms. The van der Waals surface area contributed by atoms with Gasteiger partial charge in [-0.3, -0.25) is 44.0 Å². The van der Waals surface area contributed by atoms with Crippen LogP contribution in [0.25, 0.3) is 4.85 Å². The molecule has 1 aliphatic carbocycles. The summed E-state index contributed by atoms with van der Waals surface area (Å²) in [6.45, 7) is 20.9. The molecule has 0 radical (unpaired) electrons. The number of amides is 5. The van der Waals surface area contributed by atoms with Crippen molar-refractivity contribution in [2.24, 2.45) is 5.92 Å². The van der Waals surface area contributed by atoms with E-state index in [1.54, 1.807) is 41.4 Å². The molecule has 0 spiro atoms. The monoisotopic (exact) mass is 860 g/mol. The first-order valence-electron chi connectivity index (χ1n) is 21.5. The molecule has 15 nitrogen and oxygen atoms in total. The van der Waals surface area contributed by atoms with Crippen LogP contribution in [0.5, 0.6) is 11.6 Å². The number of anilines is 1. The summed E-state index contributed by atoms with van der Waals surface area (Å²) in [5.74, 6) is -0.514. The number of pyridine rings is 1. The van der Waals surface area contributed by atoms with E-state index in [1.807, 2.05) is 43.9 Å². The van der Waals surface area contributed by atoms with E-state index in [4.69, 9.17) is 28.3 Å². The van der Waals surface area contributed by atoms with Gasteiger partial charge in [0.25, 0.3) is 17.7 Å². The molecule has 1 saturated carbocycles. The van der Waals surface area contributed by atoms with Crippen molar-refractivity contribution in [3.8, 4) is 11.6 Å². The SMILES string of the molecule is [C-]#[N+]c1ccc(N2C(=O)C(C)(C)N(Cc3ccc(OCCN4CCC(CN(CC)C5CC(Oc6ccc7c(c6)C(=O)N(C6CCC(=O)NC6=O)C7=O)C5)CC4)nc3)C2=S)cc1C. The fourth-order valence-corrected chi connectivity index (χ4v) is 9.67. The third-order valence-corrected chi connectivity index (χ3v) is 13.5. The highest BCUT2D eigenvalue weighted by molar-refractivity contribution is 7.80. The van der Waals surface area contributed by atoms with Gasteiger partial charge in [0.15, 0.2) is 10.8 Å². The van der Waals surface area contributed by atoms with Gasteiger partial charge in [0.2, 0.25) is 17.7 Å². The fourth-order valence-electron chi connectivity index (χ4n) is 9.19. The molecular formula is C46H52N8O7S. The van der Waals surface area contributed by atoms with Crippen molar-refractivity contribution in [1.82, 2.24) is 29.9 Å². The molecule has 8 rings (SSSR count). The molecule has 5 amide bonds. The number of benzene rings is 2. The average molecular weight is 861 g/mol. The number of ether oxygens (including phenoxy) is 2. The van der Waals surface area contributed by atoms with Gasteiger partial charge < -0.3 is 19.3 Å². The van der Waals surface area contributed by atoms with E-state index in [2.05, 4.69) is 31.9 Å². The first-order valence-corrected chi connectivity index (χ1v) is 21.9. The maximum absolute atomic E-state index is 13.5. The van der Waals surface area contributed by atoms with E-state index in [9.17, 15) is 24.0 Å². The number of carbonyl (C=O) groups excluding carboxylic acids is 5. The molecular weight excluding hydrogens is 809 g/mol. The minimum atomic E-state index is -0.996. The highest BCUT2D eigenvalue weighted by Gasteiger charge is 2.50. The summed E-state index contributed by atoms with van der Waals surface area (Å²) in [5, 5.41) is 2.64. The zero-order chi connectivity index (χ0) is 43.9. The lowest BCUT2D eigenvalue weighted by molar-refractivity contribution is -0.136. The zero-order valence-electron chi connectivity index (χ0n) is 35.6. The van der Waals surface area contributed by atoms with Crippen LogP contribution in [0.2, 0.25) is 0 Å². The normalized spacial score (nSPS) is 22.8. The number of hydrogen-bond donors (Lipinski definition) is 1. The number of nitrogens with zero attached hydrogens (tertiary/aromatic N) is 7. The Hall–Kier alpha value is -5.76. The Morgan fingerprint density at radius 3 is 2.42 bits per heavy atom. The first kappa shape index (κ1) is 42.9. The summed E-state index contributed by atoms with van der Waals surface area (Å²) < 4.78 is 12.3. The van der Waals surface area contributed by atoms with Gasteiger partial charge in [-0.2, -0.15) is 0 Å². The van der Waals surface area contributed by atoms with E-state index < -0.39 is 35.2 Å². The smallest absolute Gasteiger partial charge is 0.262 e. The Kier molecular flexibility index (Phi) is 12.1. The Morgan fingerprint density at radius 2 is 1.74 bits per heavy atom. The third-order valence-electron chi connectivity index (χ3n) is 13.1. The largest absolute Gasteiger partial charge is 0.490 e. The van der Waals surface area contributed by atoms with Crippen LogP contribution in [0, 0.1) is 19.4 Å². The van der Waals surface area contributed by atoms with Crippen LogP contribution in [0.3, 0.4) is 0 Å². The standard InChI is InChI=1S/C46H52N8O7S/c1-6-51(32-22-34(23-32)61-33-9-10-35-36(24-33)43(58)54(42(35)57)38-12-13-39(55)49-41(38)56)26-29-15-17-50(18-16-29)19-20-60-40-14-7-30(25-48-40)27-52-45(62)53(44(59)46(52,3)4)31-8-11-37(47-5)28(2)21-31/h7-11,14,21,24-25,29,32,34,38H,6,12-13,15-20,22-23,26-27H2,1-4H3,(H,49,55,56). The molecule has 324 valence electrons. The highest BCUT2D eigenvalue weighted by Crippen LogP contribution is 2.37. The Labute approximate surface area is 367 Å². The van der Waals surface area contributed by atoms with E-state index in [0.717, 1.165) is 74.4 Å². The van der Waals surface area contributed by atoms with Gasteiger partial charge in [0, 0.05) is 62.9 Å². The Bertz CT molecular complexity index is 2330. The van der Waals surface area contributed by atoms with Crippen LogP contribution in [-0.4, -0.2) is 122 Å². The van der Waals surface area contributed by atoms with Crippen molar-refractivity contribution in [2.45, 2.75) is 96.5 Å². The second-order valence-corrected chi connectivity index (χ2v) is 17.8. The summed E-state index contributed by atoms with van der Waals surface area (Å²) in [6, 6.07) is 13.5. The summed E-state index contributed by atoms with van der Waals surface area (Å²) in [7, 11) is 0. The third kappa shape index (κ3) is 8.41. The van der Waals surface area contributed by atoms with Gasteiger partial charge in [0.1, 0.15) is 30.0 Å². The molecule has 2 aromatic carbocycles. The van der Waals surface area contributed by atoms with Gasteiger partial charge in [0.05, 0.1) is 17.7 Å². The van der Waals surface area contributed by atoms with E-state index in [1.165, 1.54) is 0 Å². The molecule has 1 aromatic heterocycles. The lowest BCUT2D eigenvalue weighted by Crippen LogP contribution is -2.54. The lowest BCUT2D eigenvalue weighted by Gasteiger charge is -2.44.